The summed E-state index contributed by atoms with van der Waals surface area (Å²) in [4.78, 5) is 14.9. The third kappa shape index (κ3) is 2.88. The van der Waals surface area contributed by atoms with Crippen LogP contribution in [-0.2, 0) is 11.2 Å². The van der Waals surface area contributed by atoms with E-state index in [-0.39, 0.29) is 23.2 Å². The Morgan fingerprint density at radius 2 is 2.32 bits per heavy atom. The van der Waals surface area contributed by atoms with Gasteiger partial charge in [0.15, 0.2) is 5.90 Å². The SMILES string of the molecule is CC1(C)COC(Cc2ccc(C#N)cc2[N+](=O)[O-])=N1. The van der Waals surface area contributed by atoms with Crippen molar-refractivity contribution in [1.82, 2.24) is 0 Å². The van der Waals surface area contributed by atoms with Gasteiger partial charge < -0.3 is 4.74 Å². The fraction of sp³-hybridized carbons (Fsp3) is 0.385. The molecule has 0 radical (unpaired) electrons. The summed E-state index contributed by atoms with van der Waals surface area (Å²) in [6.45, 7) is 4.35. The van der Waals surface area contributed by atoms with Crippen LogP contribution in [0.15, 0.2) is 23.2 Å². The summed E-state index contributed by atoms with van der Waals surface area (Å²) in [7, 11) is 0. The van der Waals surface area contributed by atoms with Crippen molar-refractivity contribution in [2.24, 2.45) is 4.99 Å². The van der Waals surface area contributed by atoms with E-state index in [0.717, 1.165) is 0 Å². The molecule has 1 aromatic carbocycles. The molecular formula is C13H13N3O3. The first-order chi connectivity index (χ1) is 8.91. The molecule has 0 saturated carbocycles. The molecule has 1 aromatic rings. The quantitative estimate of drug-likeness (QED) is 0.615. The molecule has 0 saturated heterocycles. The molecule has 1 aliphatic heterocycles. The molecule has 0 spiro atoms. The van der Waals surface area contributed by atoms with E-state index in [0.29, 0.717) is 18.1 Å². The van der Waals surface area contributed by atoms with Crippen molar-refractivity contribution in [2.75, 3.05) is 6.61 Å². The summed E-state index contributed by atoms with van der Waals surface area (Å²) < 4.78 is 5.43. The summed E-state index contributed by atoms with van der Waals surface area (Å²) in [5.41, 5.74) is 0.414. The van der Waals surface area contributed by atoms with Crippen LogP contribution in [0, 0.1) is 21.4 Å². The summed E-state index contributed by atoms with van der Waals surface area (Å²) in [6.07, 6.45) is 0.269. The van der Waals surface area contributed by atoms with Gasteiger partial charge in [0.2, 0.25) is 0 Å². The van der Waals surface area contributed by atoms with E-state index in [2.05, 4.69) is 4.99 Å². The van der Waals surface area contributed by atoms with Crippen molar-refractivity contribution in [2.45, 2.75) is 25.8 Å². The van der Waals surface area contributed by atoms with Gasteiger partial charge in [0.1, 0.15) is 6.61 Å². The van der Waals surface area contributed by atoms with Crippen LogP contribution < -0.4 is 0 Å². The Morgan fingerprint density at radius 1 is 1.58 bits per heavy atom. The van der Waals surface area contributed by atoms with Gasteiger partial charge in [-0.3, -0.25) is 10.1 Å². The van der Waals surface area contributed by atoms with Gasteiger partial charge in [0.25, 0.3) is 5.69 Å². The Bertz CT molecular complexity index is 600. The number of nitro groups is 1. The van der Waals surface area contributed by atoms with Gasteiger partial charge in [0.05, 0.1) is 28.5 Å². The molecule has 0 atom stereocenters. The average Bonchev–Trinajstić information content (AvgIpc) is 2.69. The second-order valence-electron chi connectivity index (χ2n) is 5.00. The number of nitriles is 1. The van der Waals surface area contributed by atoms with E-state index in [1.165, 1.54) is 6.07 Å². The molecule has 0 amide bonds. The standard InChI is InChI=1S/C13H13N3O3/c1-13(2)8-19-12(15-13)6-10-4-3-9(7-14)5-11(10)16(17)18/h3-5H,6,8H2,1-2H3. The van der Waals surface area contributed by atoms with Crippen molar-refractivity contribution in [3.05, 3.63) is 39.4 Å². The monoisotopic (exact) mass is 259 g/mol. The van der Waals surface area contributed by atoms with Gasteiger partial charge in [-0.25, -0.2) is 4.99 Å². The number of hydrogen-bond donors (Lipinski definition) is 0. The smallest absolute Gasteiger partial charge is 0.274 e. The highest BCUT2D eigenvalue weighted by atomic mass is 16.6. The van der Waals surface area contributed by atoms with E-state index in [4.69, 9.17) is 10.00 Å². The third-order valence-corrected chi connectivity index (χ3v) is 2.77. The van der Waals surface area contributed by atoms with E-state index in [1.807, 2.05) is 19.9 Å². The molecule has 0 N–H and O–H groups in total. The predicted molar refractivity (Wildman–Crippen MR) is 69.0 cm³/mol. The lowest BCUT2D eigenvalue weighted by molar-refractivity contribution is -0.385. The number of nitro benzene ring substituents is 1. The third-order valence-electron chi connectivity index (χ3n) is 2.77. The average molecular weight is 259 g/mol. The molecule has 0 fully saturated rings. The van der Waals surface area contributed by atoms with Crippen LogP contribution in [0.2, 0.25) is 0 Å². The minimum atomic E-state index is -0.489. The molecule has 0 aliphatic carbocycles. The number of ether oxygens (including phenoxy) is 1. The first kappa shape index (κ1) is 13.0. The second-order valence-corrected chi connectivity index (χ2v) is 5.00. The molecule has 6 nitrogen and oxygen atoms in total. The highest BCUT2D eigenvalue weighted by molar-refractivity contribution is 5.81. The fourth-order valence-electron chi connectivity index (χ4n) is 1.87. The maximum absolute atomic E-state index is 11.0. The summed E-state index contributed by atoms with van der Waals surface area (Å²) in [6, 6.07) is 6.30. The molecule has 6 heteroatoms. The van der Waals surface area contributed by atoms with Gasteiger partial charge in [-0.1, -0.05) is 6.07 Å². The van der Waals surface area contributed by atoms with Crippen molar-refractivity contribution in [3.63, 3.8) is 0 Å². The number of aliphatic imine (C=N–C) groups is 1. The van der Waals surface area contributed by atoms with Crippen LogP contribution in [0.4, 0.5) is 5.69 Å². The minimum Gasteiger partial charge on any atom is -0.478 e. The molecule has 0 bridgehead atoms. The van der Waals surface area contributed by atoms with E-state index in [1.54, 1.807) is 12.1 Å². The molecule has 98 valence electrons. The molecule has 1 heterocycles. The van der Waals surface area contributed by atoms with Crippen molar-refractivity contribution in [3.8, 4) is 6.07 Å². The second kappa shape index (κ2) is 4.69. The molecule has 0 aromatic heterocycles. The Labute approximate surface area is 110 Å². The molecule has 1 aliphatic rings. The Kier molecular flexibility index (Phi) is 3.21. The van der Waals surface area contributed by atoms with Crippen molar-refractivity contribution < 1.29 is 9.66 Å². The van der Waals surface area contributed by atoms with Crippen LogP contribution in [0.1, 0.15) is 25.0 Å². The van der Waals surface area contributed by atoms with Crippen molar-refractivity contribution in [1.29, 1.82) is 5.26 Å². The van der Waals surface area contributed by atoms with Gasteiger partial charge >= 0.3 is 0 Å². The maximum Gasteiger partial charge on any atom is 0.274 e. The molecule has 2 rings (SSSR count). The summed E-state index contributed by atoms with van der Waals surface area (Å²) >= 11 is 0. The topological polar surface area (TPSA) is 88.5 Å². The Balaban J connectivity index is 2.31. The first-order valence-electron chi connectivity index (χ1n) is 5.80. The number of nitrogens with zero attached hydrogens (tertiary/aromatic N) is 3. The van der Waals surface area contributed by atoms with Crippen LogP contribution >= 0.6 is 0 Å². The van der Waals surface area contributed by atoms with Crippen LogP contribution in [0.25, 0.3) is 0 Å². The van der Waals surface area contributed by atoms with Gasteiger partial charge in [0, 0.05) is 11.6 Å². The van der Waals surface area contributed by atoms with Gasteiger partial charge in [-0.15, -0.1) is 0 Å². The lowest BCUT2D eigenvalue weighted by atomic mass is 10.1. The largest absolute Gasteiger partial charge is 0.478 e. The molecule has 19 heavy (non-hydrogen) atoms. The number of benzene rings is 1. The van der Waals surface area contributed by atoms with E-state index < -0.39 is 4.92 Å². The zero-order chi connectivity index (χ0) is 14.0. The predicted octanol–water partition coefficient (Wildman–Crippen LogP) is 2.22. The van der Waals surface area contributed by atoms with E-state index >= 15 is 0 Å². The highest BCUT2D eigenvalue weighted by Gasteiger charge is 2.27. The summed E-state index contributed by atoms with van der Waals surface area (Å²) in [5, 5.41) is 19.8. The van der Waals surface area contributed by atoms with Gasteiger partial charge in [-0.2, -0.15) is 5.26 Å². The fourth-order valence-corrected chi connectivity index (χ4v) is 1.87. The lowest BCUT2D eigenvalue weighted by Gasteiger charge is -2.07. The number of hydrogen-bond acceptors (Lipinski definition) is 5. The van der Waals surface area contributed by atoms with Crippen molar-refractivity contribution >= 4 is 11.6 Å². The Hall–Kier alpha value is -2.42. The molecular weight excluding hydrogens is 246 g/mol. The van der Waals surface area contributed by atoms with Crippen LogP contribution in [0.5, 0.6) is 0 Å². The Morgan fingerprint density at radius 3 is 2.84 bits per heavy atom. The van der Waals surface area contributed by atoms with E-state index in [9.17, 15) is 10.1 Å². The zero-order valence-electron chi connectivity index (χ0n) is 10.7. The first-order valence-corrected chi connectivity index (χ1v) is 5.80. The molecule has 0 unspecified atom stereocenters. The minimum absolute atomic E-state index is 0.0740. The maximum atomic E-state index is 11.0. The lowest BCUT2D eigenvalue weighted by Crippen LogP contribution is -2.17. The highest BCUT2D eigenvalue weighted by Crippen LogP contribution is 2.24. The van der Waals surface area contributed by atoms with Gasteiger partial charge in [-0.05, 0) is 19.9 Å². The van der Waals surface area contributed by atoms with Crippen LogP contribution in [0.3, 0.4) is 0 Å². The zero-order valence-corrected chi connectivity index (χ0v) is 10.7. The van der Waals surface area contributed by atoms with Crippen LogP contribution in [-0.4, -0.2) is 23.0 Å². The summed E-state index contributed by atoms with van der Waals surface area (Å²) in [5.74, 6) is 0.498. The normalized spacial score (nSPS) is 16.4. The number of rotatable bonds is 3.